The highest BCUT2D eigenvalue weighted by atomic mass is 32.2. The lowest BCUT2D eigenvalue weighted by Gasteiger charge is -2.33. The molecule has 1 saturated carbocycles. The highest BCUT2D eigenvalue weighted by Crippen LogP contribution is 2.28. The number of hydrogen-bond acceptors (Lipinski definition) is 5. The van der Waals surface area contributed by atoms with Crippen LogP contribution in [0.2, 0.25) is 0 Å². The van der Waals surface area contributed by atoms with Crippen molar-refractivity contribution >= 4 is 11.8 Å². The molecule has 0 aromatic carbocycles. The van der Waals surface area contributed by atoms with Gasteiger partial charge in [0.25, 0.3) is 0 Å². The first-order valence-electron chi connectivity index (χ1n) is 5.83. The van der Waals surface area contributed by atoms with E-state index in [-0.39, 0.29) is 0 Å². The van der Waals surface area contributed by atoms with Gasteiger partial charge in [-0.05, 0) is 26.0 Å². The maximum Gasteiger partial charge on any atom is 0.106 e. The largest absolute Gasteiger partial charge is 0.298 e. The van der Waals surface area contributed by atoms with E-state index in [1.807, 2.05) is 11.8 Å². The molecule has 4 N–H and O–H groups in total. The number of fused-ring (bicyclic) bond motifs is 2. The Morgan fingerprint density at radius 1 is 0.867 bits per heavy atom. The third-order valence-electron chi connectivity index (χ3n) is 3.88. The third kappa shape index (κ3) is 1.80. The van der Waals surface area contributed by atoms with Crippen molar-refractivity contribution in [2.45, 2.75) is 55.6 Å². The lowest BCUT2D eigenvalue weighted by Crippen LogP contribution is -2.51. The molecule has 0 aromatic heterocycles. The van der Waals surface area contributed by atoms with Crippen molar-refractivity contribution in [2.75, 3.05) is 6.26 Å². The second-order valence-electron chi connectivity index (χ2n) is 4.90. The van der Waals surface area contributed by atoms with Gasteiger partial charge in [-0.25, -0.2) is 0 Å². The van der Waals surface area contributed by atoms with Crippen LogP contribution in [0.3, 0.4) is 0 Å². The van der Waals surface area contributed by atoms with Crippen LogP contribution in [0.15, 0.2) is 0 Å². The molecule has 3 rings (SSSR count). The SMILES string of the molecule is CSC1NC2CC3NC(C)NC3CC2N1. The maximum atomic E-state index is 3.65. The van der Waals surface area contributed by atoms with Gasteiger partial charge in [0.15, 0.2) is 0 Å². The van der Waals surface area contributed by atoms with Crippen molar-refractivity contribution in [3.05, 3.63) is 0 Å². The van der Waals surface area contributed by atoms with E-state index in [1.54, 1.807) is 0 Å². The van der Waals surface area contributed by atoms with E-state index < -0.39 is 0 Å². The molecule has 3 aliphatic rings. The predicted molar refractivity (Wildman–Crippen MR) is 63.7 cm³/mol. The average molecular weight is 228 g/mol. The van der Waals surface area contributed by atoms with Crippen molar-refractivity contribution in [1.29, 1.82) is 0 Å². The molecule has 2 saturated heterocycles. The zero-order chi connectivity index (χ0) is 10.4. The smallest absolute Gasteiger partial charge is 0.106 e. The van der Waals surface area contributed by atoms with Crippen LogP contribution in [0.5, 0.6) is 0 Å². The fourth-order valence-electron chi connectivity index (χ4n) is 3.20. The van der Waals surface area contributed by atoms with Gasteiger partial charge in [-0.3, -0.25) is 21.3 Å². The standard InChI is InChI=1S/C10H20N4S/c1-5-11-6-3-8-9(4-7(6)12-5)14-10(13-8)15-2/h5-14H,3-4H2,1-2H3. The first-order chi connectivity index (χ1) is 7.26. The Bertz CT molecular complexity index is 228. The van der Waals surface area contributed by atoms with Gasteiger partial charge in [-0.1, -0.05) is 0 Å². The molecule has 0 amide bonds. The zero-order valence-electron chi connectivity index (χ0n) is 9.29. The molecule has 15 heavy (non-hydrogen) atoms. The summed E-state index contributed by atoms with van der Waals surface area (Å²) in [5.41, 5.74) is 0.455. The maximum absolute atomic E-state index is 3.65. The molecule has 86 valence electrons. The molecule has 0 bridgehead atoms. The summed E-state index contributed by atoms with van der Waals surface area (Å²) in [6.07, 6.45) is 5.13. The van der Waals surface area contributed by atoms with Gasteiger partial charge in [0.05, 0.1) is 6.17 Å². The minimum atomic E-state index is 0.455. The fraction of sp³-hybridized carbons (Fsp3) is 1.00. The Hall–Kier alpha value is 0.190. The van der Waals surface area contributed by atoms with Gasteiger partial charge in [0.1, 0.15) is 5.50 Å². The van der Waals surface area contributed by atoms with Crippen molar-refractivity contribution in [1.82, 2.24) is 21.3 Å². The molecule has 2 heterocycles. The Morgan fingerprint density at radius 2 is 1.33 bits per heavy atom. The van der Waals surface area contributed by atoms with Crippen molar-refractivity contribution < 1.29 is 0 Å². The molecular weight excluding hydrogens is 208 g/mol. The minimum absolute atomic E-state index is 0.455. The van der Waals surface area contributed by atoms with Gasteiger partial charge >= 0.3 is 0 Å². The van der Waals surface area contributed by atoms with E-state index in [0.717, 1.165) is 0 Å². The monoisotopic (exact) mass is 228 g/mol. The molecule has 4 unspecified atom stereocenters. The first-order valence-corrected chi connectivity index (χ1v) is 7.12. The van der Waals surface area contributed by atoms with Gasteiger partial charge in [-0.2, -0.15) is 0 Å². The Labute approximate surface area is 95.3 Å². The van der Waals surface area contributed by atoms with Crippen LogP contribution in [0.25, 0.3) is 0 Å². The molecule has 2 aliphatic heterocycles. The van der Waals surface area contributed by atoms with Crippen LogP contribution in [-0.4, -0.2) is 42.1 Å². The van der Waals surface area contributed by atoms with Crippen molar-refractivity contribution in [2.24, 2.45) is 0 Å². The number of thioether (sulfide) groups is 1. The Balaban J connectivity index is 1.67. The van der Waals surface area contributed by atoms with Crippen LogP contribution in [0, 0.1) is 0 Å². The molecule has 0 radical (unpaired) electrons. The molecule has 4 atom stereocenters. The summed E-state index contributed by atoms with van der Waals surface area (Å²) >= 11 is 1.86. The van der Waals surface area contributed by atoms with Gasteiger partial charge in [-0.15, -0.1) is 11.8 Å². The lowest BCUT2D eigenvalue weighted by molar-refractivity contribution is 0.295. The lowest BCUT2D eigenvalue weighted by atomic mass is 9.85. The number of rotatable bonds is 1. The molecule has 4 nitrogen and oxygen atoms in total. The third-order valence-corrected chi connectivity index (χ3v) is 4.63. The number of hydrogen-bond donors (Lipinski definition) is 4. The molecule has 0 spiro atoms. The summed E-state index contributed by atoms with van der Waals surface area (Å²) in [5, 5.41) is 14.5. The Kier molecular flexibility index (Phi) is 2.68. The van der Waals surface area contributed by atoms with E-state index in [9.17, 15) is 0 Å². The highest BCUT2D eigenvalue weighted by Gasteiger charge is 2.44. The Morgan fingerprint density at radius 3 is 1.80 bits per heavy atom. The summed E-state index contributed by atoms with van der Waals surface area (Å²) < 4.78 is 0. The molecule has 1 aliphatic carbocycles. The summed E-state index contributed by atoms with van der Waals surface area (Å²) in [6.45, 7) is 2.21. The topological polar surface area (TPSA) is 48.1 Å². The second kappa shape index (κ2) is 3.89. The highest BCUT2D eigenvalue weighted by molar-refractivity contribution is 7.99. The van der Waals surface area contributed by atoms with E-state index in [2.05, 4.69) is 34.4 Å². The predicted octanol–water partition coefficient (Wildman–Crippen LogP) is -0.367. The van der Waals surface area contributed by atoms with Crippen LogP contribution in [0.4, 0.5) is 0 Å². The van der Waals surface area contributed by atoms with Crippen LogP contribution < -0.4 is 21.3 Å². The van der Waals surface area contributed by atoms with E-state index in [1.165, 1.54) is 12.8 Å². The summed E-state index contributed by atoms with van der Waals surface area (Å²) in [5.74, 6) is 0. The number of nitrogens with one attached hydrogen (secondary N) is 4. The summed E-state index contributed by atoms with van der Waals surface area (Å²) in [6, 6.07) is 2.64. The van der Waals surface area contributed by atoms with Crippen LogP contribution in [0.1, 0.15) is 19.8 Å². The fourth-order valence-corrected chi connectivity index (χ4v) is 3.83. The van der Waals surface area contributed by atoms with E-state index in [0.29, 0.717) is 35.8 Å². The van der Waals surface area contributed by atoms with E-state index >= 15 is 0 Å². The van der Waals surface area contributed by atoms with Crippen LogP contribution >= 0.6 is 11.8 Å². The van der Waals surface area contributed by atoms with Gasteiger partial charge < -0.3 is 0 Å². The van der Waals surface area contributed by atoms with Crippen molar-refractivity contribution in [3.8, 4) is 0 Å². The van der Waals surface area contributed by atoms with Crippen LogP contribution in [-0.2, 0) is 0 Å². The summed E-state index contributed by atoms with van der Waals surface area (Å²) in [4.78, 5) is 0. The molecular formula is C10H20N4S. The molecule has 0 aromatic rings. The molecule has 5 heteroatoms. The van der Waals surface area contributed by atoms with E-state index in [4.69, 9.17) is 0 Å². The molecule has 3 fully saturated rings. The normalized spacial score (nSPS) is 54.0. The van der Waals surface area contributed by atoms with Crippen molar-refractivity contribution in [3.63, 3.8) is 0 Å². The first kappa shape index (κ1) is 10.4. The average Bonchev–Trinajstić information content (AvgIpc) is 2.74. The zero-order valence-corrected chi connectivity index (χ0v) is 10.1. The van der Waals surface area contributed by atoms with Gasteiger partial charge in [0.2, 0.25) is 0 Å². The minimum Gasteiger partial charge on any atom is -0.298 e. The van der Waals surface area contributed by atoms with Gasteiger partial charge in [0, 0.05) is 24.2 Å². The second-order valence-corrected chi connectivity index (χ2v) is 5.84. The quantitative estimate of drug-likeness (QED) is 0.493. The summed E-state index contributed by atoms with van der Waals surface area (Å²) in [7, 11) is 0.